The summed E-state index contributed by atoms with van der Waals surface area (Å²) in [6.45, 7) is 14.9. The molecule has 1 aliphatic rings. The van der Waals surface area contributed by atoms with E-state index in [0.29, 0.717) is 23.2 Å². The Balaban J connectivity index is 0.000000308. The molecule has 2 N–H and O–H groups in total. The van der Waals surface area contributed by atoms with Gasteiger partial charge in [-0.3, -0.25) is 4.79 Å². The van der Waals surface area contributed by atoms with Gasteiger partial charge in [-0.05, 0) is 84.9 Å². The number of sulfone groups is 1. The molecule has 4 heterocycles. The van der Waals surface area contributed by atoms with Gasteiger partial charge in [0.25, 0.3) is 0 Å². The van der Waals surface area contributed by atoms with Gasteiger partial charge in [-0.2, -0.15) is 42.0 Å². The van der Waals surface area contributed by atoms with Crippen molar-refractivity contribution in [2.45, 2.75) is 104 Å². The number of rotatable bonds is 12. The molecular formula is C33H48Cl2F5N9O6S2. The number of hydrogen-bond acceptors (Lipinski definition) is 14. The van der Waals surface area contributed by atoms with E-state index in [4.69, 9.17) is 32.8 Å². The van der Waals surface area contributed by atoms with E-state index in [-0.39, 0.29) is 35.1 Å². The predicted molar refractivity (Wildman–Crippen MR) is 210 cm³/mol. The monoisotopic (exact) mass is 895 g/mol. The van der Waals surface area contributed by atoms with Crippen LogP contribution in [-0.4, -0.2) is 94.0 Å². The number of oxime groups is 1. The van der Waals surface area contributed by atoms with E-state index in [0.717, 1.165) is 29.7 Å². The molecule has 57 heavy (non-hydrogen) atoms. The number of thiophene rings is 1. The van der Waals surface area contributed by atoms with Crippen molar-refractivity contribution < 1.29 is 49.5 Å². The summed E-state index contributed by atoms with van der Waals surface area (Å²) in [4.78, 5) is 31.9. The predicted octanol–water partition coefficient (Wildman–Crippen LogP) is 7.61. The van der Waals surface area contributed by atoms with Gasteiger partial charge in [0.05, 0.1) is 29.7 Å². The number of aromatic nitrogens is 5. The summed E-state index contributed by atoms with van der Waals surface area (Å²) < 4.78 is 98.5. The first kappa shape index (κ1) is 49.5. The van der Waals surface area contributed by atoms with Crippen molar-refractivity contribution in [2.24, 2.45) is 12.2 Å². The molecule has 0 aliphatic carbocycles. The Morgan fingerprint density at radius 2 is 1.77 bits per heavy atom. The van der Waals surface area contributed by atoms with E-state index in [1.54, 1.807) is 23.3 Å². The molecule has 15 nitrogen and oxygen atoms in total. The fourth-order valence-corrected chi connectivity index (χ4v) is 7.71. The summed E-state index contributed by atoms with van der Waals surface area (Å²) in [6.07, 6.45) is -5.22. The van der Waals surface area contributed by atoms with E-state index in [1.165, 1.54) is 13.8 Å². The highest BCUT2D eigenvalue weighted by molar-refractivity contribution is 8.05. The standard InChI is InChI=1S/C12H18ClNO2S.C12H14F5N3O4S.C9H16ClN5/c1-8-7-17-10(3)12(8)14(11(15)5-13)9(2)6-16-4;1-11(2)4-7(19-24-11)25(21,22)5-6-8(12(15,16)17)18-20(3)9(6)23-10(13)14;1-5-11-7-12-6(10)13-8(14-7)15-9(2,3)4/h7,9H,5-6H2,1-4H3;10H,4-5H2,1-3H3;5H2,1-4H3,(H2,11,12,13,14,15). The number of anilines is 3. The number of carbonyl (C=O) groups excluding carboxylic acids is 1. The molecule has 0 spiro atoms. The van der Waals surface area contributed by atoms with Crippen LogP contribution in [0.2, 0.25) is 5.28 Å². The Labute approximate surface area is 342 Å². The summed E-state index contributed by atoms with van der Waals surface area (Å²) in [5, 5.41) is 14.3. The van der Waals surface area contributed by atoms with E-state index < -0.39 is 56.2 Å². The molecule has 0 radical (unpaired) electrons. The number of alkyl halides is 6. The lowest BCUT2D eigenvalue weighted by molar-refractivity contribution is -0.142. The lowest BCUT2D eigenvalue weighted by Crippen LogP contribution is -2.42. The summed E-state index contributed by atoms with van der Waals surface area (Å²) in [5.41, 5.74) is -1.59. The van der Waals surface area contributed by atoms with Crippen LogP contribution in [0.15, 0.2) is 10.5 Å². The van der Waals surface area contributed by atoms with Crippen molar-refractivity contribution in [3.63, 3.8) is 0 Å². The van der Waals surface area contributed by atoms with Crippen molar-refractivity contribution in [2.75, 3.05) is 41.7 Å². The van der Waals surface area contributed by atoms with Gasteiger partial charge in [-0.15, -0.1) is 22.9 Å². The topological polar surface area (TPSA) is 175 Å². The van der Waals surface area contributed by atoms with Crippen LogP contribution in [-0.2, 0) is 43.2 Å². The van der Waals surface area contributed by atoms with Crippen molar-refractivity contribution in [1.29, 1.82) is 0 Å². The number of amides is 1. The van der Waals surface area contributed by atoms with Gasteiger partial charge < -0.3 is 29.8 Å². The molecule has 0 fully saturated rings. The van der Waals surface area contributed by atoms with Crippen LogP contribution in [0.25, 0.3) is 0 Å². The molecule has 1 unspecified atom stereocenters. The Morgan fingerprint density at radius 3 is 2.23 bits per heavy atom. The fourth-order valence-electron chi connectivity index (χ4n) is 5.06. The Kier molecular flexibility index (Phi) is 17.7. The first-order valence-corrected chi connectivity index (χ1v) is 20.5. The maximum absolute atomic E-state index is 13.1. The lowest BCUT2D eigenvalue weighted by Gasteiger charge is -2.29. The van der Waals surface area contributed by atoms with Gasteiger partial charge in [0.2, 0.25) is 29.0 Å². The van der Waals surface area contributed by atoms with Gasteiger partial charge in [0.1, 0.15) is 11.5 Å². The molecule has 3 aromatic rings. The molecule has 24 heteroatoms. The average molecular weight is 897 g/mol. The molecule has 0 aromatic carbocycles. The SMILES string of the molecule is CCNc1nc(Cl)nc(NC(C)(C)C)n1.COCC(C)N(C(=O)CCl)c1c(C)csc1C.Cn1nc(C(F)(F)F)c(CS(=O)(=O)C2=NOC(C)(C)C2)c1OC(F)F. The number of nitrogens with zero attached hydrogens (tertiary/aromatic N) is 7. The normalized spacial score (nSPS) is 14.4. The molecule has 0 saturated carbocycles. The molecule has 1 atom stereocenters. The van der Waals surface area contributed by atoms with Crippen molar-refractivity contribution in [1.82, 2.24) is 24.7 Å². The highest BCUT2D eigenvalue weighted by Crippen LogP contribution is 2.38. The smallest absolute Gasteiger partial charge is 0.417 e. The Hall–Kier alpha value is -3.60. The molecule has 4 rings (SSSR count). The van der Waals surface area contributed by atoms with Crippen molar-refractivity contribution >= 4 is 72.9 Å². The molecule has 1 amide bonds. The zero-order chi connectivity index (χ0) is 43.7. The Morgan fingerprint density at radius 1 is 1.16 bits per heavy atom. The minimum Gasteiger partial charge on any atom is -0.417 e. The van der Waals surface area contributed by atoms with Crippen LogP contribution >= 0.6 is 34.5 Å². The van der Waals surface area contributed by atoms with Gasteiger partial charge in [0, 0.05) is 37.5 Å². The maximum atomic E-state index is 13.1. The van der Waals surface area contributed by atoms with Gasteiger partial charge in [-0.25, -0.2) is 13.1 Å². The summed E-state index contributed by atoms with van der Waals surface area (Å²) in [5.74, 6) is -1.35. The van der Waals surface area contributed by atoms with Gasteiger partial charge >= 0.3 is 12.8 Å². The second kappa shape index (κ2) is 20.4. The largest absolute Gasteiger partial charge is 0.435 e. The first-order chi connectivity index (χ1) is 26.2. The maximum Gasteiger partial charge on any atom is 0.435 e. The van der Waals surface area contributed by atoms with Crippen molar-refractivity contribution in [3.05, 3.63) is 32.4 Å². The number of nitrogens with one attached hydrogen (secondary N) is 2. The second-order valence-electron chi connectivity index (χ2n) is 14.1. The van der Waals surface area contributed by atoms with Crippen LogP contribution < -0.4 is 20.3 Å². The van der Waals surface area contributed by atoms with Gasteiger partial charge in [0.15, 0.2) is 20.6 Å². The number of methoxy groups -OCH3 is 1. The van der Waals surface area contributed by atoms with Gasteiger partial charge in [-0.1, -0.05) is 5.16 Å². The van der Waals surface area contributed by atoms with Crippen LogP contribution in [0, 0.1) is 13.8 Å². The van der Waals surface area contributed by atoms with Crippen molar-refractivity contribution in [3.8, 4) is 5.88 Å². The summed E-state index contributed by atoms with van der Waals surface area (Å²) >= 11 is 13.1. The number of aryl methyl sites for hydroxylation is 3. The lowest BCUT2D eigenvalue weighted by atomic mass is 10.1. The fraction of sp³-hybridized carbons (Fsp3) is 0.636. The highest BCUT2D eigenvalue weighted by atomic mass is 35.5. The minimum absolute atomic E-state index is 0.0111. The highest BCUT2D eigenvalue weighted by Gasteiger charge is 2.43. The quantitative estimate of drug-likeness (QED) is 0.135. The molecule has 0 saturated heterocycles. The Bertz CT molecular complexity index is 1940. The molecule has 3 aromatic heterocycles. The van der Waals surface area contributed by atoms with E-state index in [9.17, 15) is 35.2 Å². The molecular weight excluding hydrogens is 848 g/mol. The number of hydrogen-bond donors (Lipinski definition) is 2. The summed E-state index contributed by atoms with van der Waals surface area (Å²) in [6, 6.07) is -0.0155. The van der Waals surface area contributed by atoms with E-state index >= 15 is 0 Å². The molecule has 322 valence electrons. The first-order valence-electron chi connectivity index (χ1n) is 17.1. The zero-order valence-electron chi connectivity index (χ0n) is 33.3. The van der Waals surface area contributed by atoms with Crippen LogP contribution in [0.1, 0.15) is 76.6 Å². The second-order valence-corrected chi connectivity index (χ2v) is 17.8. The molecule has 0 bridgehead atoms. The van der Waals surface area contributed by atoms with Crippen LogP contribution in [0.4, 0.5) is 39.5 Å². The number of ether oxygens (including phenoxy) is 2. The average Bonchev–Trinajstić information content (AvgIpc) is 3.70. The summed E-state index contributed by atoms with van der Waals surface area (Å²) in [7, 11) is -1.80. The van der Waals surface area contributed by atoms with E-state index in [2.05, 4.69) is 46.0 Å². The van der Waals surface area contributed by atoms with Crippen LogP contribution in [0.3, 0.4) is 0 Å². The minimum atomic E-state index is -5.06. The third-order valence-electron chi connectivity index (χ3n) is 7.24. The third kappa shape index (κ3) is 14.9. The number of halogens is 7. The van der Waals surface area contributed by atoms with E-state index in [1.807, 2.05) is 48.5 Å². The zero-order valence-corrected chi connectivity index (χ0v) is 36.5. The molecule has 1 aliphatic heterocycles. The third-order valence-corrected chi connectivity index (χ3v) is 10.3. The van der Waals surface area contributed by atoms with Crippen LogP contribution in [0.5, 0.6) is 5.88 Å². The number of carbonyl (C=O) groups is 1.